The van der Waals surface area contributed by atoms with Crippen LogP contribution in [0.4, 0.5) is 5.69 Å². The molecule has 0 unspecified atom stereocenters. The van der Waals surface area contributed by atoms with Gasteiger partial charge in [-0.15, -0.1) is 0 Å². The Kier molecular flexibility index (Phi) is 7.45. The number of nitrogens with one attached hydrogen (secondary N) is 1. The molecule has 2 aromatic carbocycles. The van der Waals surface area contributed by atoms with E-state index in [1.807, 2.05) is 0 Å². The minimum atomic E-state index is -0.927. The van der Waals surface area contributed by atoms with Gasteiger partial charge < -0.3 is 14.8 Å². The van der Waals surface area contributed by atoms with Crippen molar-refractivity contribution in [1.29, 1.82) is 0 Å². The first-order valence-corrected chi connectivity index (χ1v) is 8.67. The fourth-order valence-electron chi connectivity index (χ4n) is 2.39. The monoisotopic (exact) mass is 383 g/mol. The highest BCUT2D eigenvalue weighted by Gasteiger charge is 2.19. The van der Waals surface area contributed by atoms with Gasteiger partial charge >= 0.3 is 11.9 Å². The summed E-state index contributed by atoms with van der Waals surface area (Å²) in [7, 11) is 1.28. The molecule has 2 aromatic rings. The molecule has 0 radical (unpaired) electrons. The molecular weight excluding hydrogens is 362 g/mol. The van der Waals surface area contributed by atoms with Crippen molar-refractivity contribution in [3.63, 3.8) is 0 Å². The van der Waals surface area contributed by atoms with Crippen molar-refractivity contribution in [3.05, 3.63) is 65.7 Å². The number of ketones is 1. The van der Waals surface area contributed by atoms with Gasteiger partial charge in [-0.05, 0) is 31.2 Å². The van der Waals surface area contributed by atoms with Crippen molar-refractivity contribution in [1.82, 2.24) is 0 Å². The van der Waals surface area contributed by atoms with E-state index < -0.39 is 18.0 Å². The second-order valence-corrected chi connectivity index (χ2v) is 5.98. The van der Waals surface area contributed by atoms with Gasteiger partial charge in [-0.25, -0.2) is 4.79 Å². The van der Waals surface area contributed by atoms with E-state index in [0.29, 0.717) is 16.8 Å². The van der Waals surface area contributed by atoms with Crippen LogP contribution in [0.15, 0.2) is 54.6 Å². The smallest absolute Gasteiger partial charge is 0.337 e. The number of ether oxygens (including phenoxy) is 2. The molecule has 0 aliphatic heterocycles. The van der Waals surface area contributed by atoms with Crippen molar-refractivity contribution in [3.8, 4) is 0 Å². The third kappa shape index (κ3) is 6.05. The van der Waals surface area contributed by atoms with Crippen LogP contribution < -0.4 is 5.32 Å². The van der Waals surface area contributed by atoms with Crippen LogP contribution in [-0.4, -0.2) is 36.8 Å². The average Bonchev–Trinajstić information content (AvgIpc) is 2.72. The van der Waals surface area contributed by atoms with E-state index in [-0.39, 0.29) is 24.5 Å². The molecule has 0 saturated carbocycles. The molecule has 0 aliphatic rings. The predicted octanol–water partition coefficient (Wildman–Crippen LogP) is 3.01. The summed E-state index contributed by atoms with van der Waals surface area (Å²) >= 11 is 0. The van der Waals surface area contributed by atoms with E-state index in [0.717, 1.165) is 0 Å². The van der Waals surface area contributed by atoms with Crippen LogP contribution in [0.1, 0.15) is 40.5 Å². The van der Waals surface area contributed by atoms with Gasteiger partial charge in [-0.1, -0.05) is 30.3 Å². The molecule has 2 rings (SSSR count). The summed E-state index contributed by atoms with van der Waals surface area (Å²) in [4.78, 5) is 47.4. The number of amides is 1. The molecule has 1 atom stereocenters. The maximum absolute atomic E-state index is 12.2. The number of hydrogen-bond acceptors (Lipinski definition) is 6. The Morgan fingerprint density at radius 1 is 0.893 bits per heavy atom. The molecule has 7 nitrogen and oxygen atoms in total. The topological polar surface area (TPSA) is 98.8 Å². The van der Waals surface area contributed by atoms with E-state index in [2.05, 4.69) is 10.1 Å². The second-order valence-electron chi connectivity index (χ2n) is 5.98. The molecule has 0 heterocycles. The van der Waals surface area contributed by atoms with Crippen LogP contribution in [0.3, 0.4) is 0 Å². The largest absolute Gasteiger partial charge is 0.465 e. The summed E-state index contributed by atoms with van der Waals surface area (Å²) in [5.41, 5.74) is 1.30. The maximum atomic E-state index is 12.2. The lowest BCUT2D eigenvalue weighted by Gasteiger charge is -2.12. The number of anilines is 1. The summed E-state index contributed by atoms with van der Waals surface area (Å²) in [6, 6.07) is 14.7. The van der Waals surface area contributed by atoms with Crippen molar-refractivity contribution < 1.29 is 28.7 Å². The van der Waals surface area contributed by atoms with Crippen molar-refractivity contribution in [2.45, 2.75) is 25.9 Å². The van der Waals surface area contributed by atoms with E-state index in [1.165, 1.54) is 26.2 Å². The van der Waals surface area contributed by atoms with E-state index in [4.69, 9.17) is 4.74 Å². The summed E-state index contributed by atoms with van der Waals surface area (Å²) in [5.74, 6) is -1.79. The highest BCUT2D eigenvalue weighted by Crippen LogP contribution is 2.12. The Labute approximate surface area is 162 Å². The molecule has 0 saturated heterocycles. The molecule has 28 heavy (non-hydrogen) atoms. The molecule has 0 aromatic heterocycles. The highest BCUT2D eigenvalue weighted by molar-refractivity contribution is 6.00. The first-order chi connectivity index (χ1) is 13.4. The fourth-order valence-corrected chi connectivity index (χ4v) is 2.39. The Hall–Kier alpha value is -3.48. The Balaban J connectivity index is 1.78. The van der Waals surface area contributed by atoms with Gasteiger partial charge in [-0.3, -0.25) is 14.4 Å². The number of Topliss-reactive ketones (excluding diaryl/α,β-unsaturated/α-hetero) is 1. The molecule has 1 amide bonds. The Morgan fingerprint density at radius 3 is 2.14 bits per heavy atom. The minimum absolute atomic E-state index is 0.0934. The SMILES string of the molecule is COC(=O)c1ccc(NC(=O)CCC(=O)O[C@H](C)C(=O)c2ccccc2)cc1. The Bertz CT molecular complexity index is 845. The third-order valence-electron chi connectivity index (χ3n) is 3.88. The number of methoxy groups -OCH3 is 1. The summed E-state index contributed by atoms with van der Waals surface area (Å²) in [5, 5.41) is 2.62. The molecule has 0 spiro atoms. The number of hydrogen-bond donors (Lipinski definition) is 1. The molecule has 0 bridgehead atoms. The van der Waals surface area contributed by atoms with Gasteiger partial charge in [0.15, 0.2) is 6.10 Å². The van der Waals surface area contributed by atoms with Gasteiger partial charge in [0.25, 0.3) is 0 Å². The number of benzene rings is 2. The van der Waals surface area contributed by atoms with Gasteiger partial charge in [0.2, 0.25) is 11.7 Å². The number of esters is 2. The predicted molar refractivity (Wildman–Crippen MR) is 102 cm³/mol. The second kappa shape index (κ2) is 10.0. The number of carbonyl (C=O) groups is 4. The quantitative estimate of drug-likeness (QED) is 0.556. The maximum Gasteiger partial charge on any atom is 0.337 e. The average molecular weight is 383 g/mol. The fraction of sp³-hybridized carbons (Fsp3) is 0.238. The van der Waals surface area contributed by atoms with Gasteiger partial charge in [0.1, 0.15) is 0 Å². The zero-order chi connectivity index (χ0) is 20.5. The van der Waals surface area contributed by atoms with Crippen molar-refractivity contribution in [2.24, 2.45) is 0 Å². The van der Waals surface area contributed by atoms with E-state index >= 15 is 0 Å². The highest BCUT2D eigenvalue weighted by atomic mass is 16.5. The van der Waals surface area contributed by atoms with Gasteiger partial charge in [-0.2, -0.15) is 0 Å². The molecule has 1 N–H and O–H groups in total. The van der Waals surface area contributed by atoms with Crippen LogP contribution in [0.5, 0.6) is 0 Å². The van der Waals surface area contributed by atoms with Crippen LogP contribution >= 0.6 is 0 Å². The summed E-state index contributed by atoms with van der Waals surface area (Å²) < 4.78 is 9.70. The molecule has 146 valence electrons. The molecular formula is C21H21NO6. The zero-order valence-electron chi connectivity index (χ0n) is 15.6. The Morgan fingerprint density at radius 2 is 1.54 bits per heavy atom. The first kappa shape index (κ1) is 20.8. The minimum Gasteiger partial charge on any atom is -0.465 e. The lowest BCUT2D eigenvalue weighted by molar-refractivity contribution is -0.147. The van der Waals surface area contributed by atoms with Gasteiger partial charge in [0, 0.05) is 17.7 Å². The van der Waals surface area contributed by atoms with Crippen LogP contribution in [-0.2, 0) is 19.1 Å². The molecule has 0 aliphatic carbocycles. The lowest BCUT2D eigenvalue weighted by Crippen LogP contribution is -2.25. The number of rotatable bonds is 8. The van der Waals surface area contributed by atoms with Crippen LogP contribution in [0.2, 0.25) is 0 Å². The number of carbonyl (C=O) groups excluding carboxylic acids is 4. The van der Waals surface area contributed by atoms with Crippen LogP contribution in [0.25, 0.3) is 0 Å². The normalized spacial score (nSPS) is 11.2. The zero-order valence-corrected chi connectivity index (χ0v) is 15.6. The standard InChI is InChI=1S/C21H21NO6/c1-14(20(25)15-6-4-3-5-7-15)28-19(24)13-12-18(23)22-17-10-8-16(9-11-17)21(26)27-2/h3-11,14H,12-13H2,1-2H3,(H,22,23)/t14-/m1/s1. The summed E-state index contributed by atoms with van der Waals surface area (Å²) in [6.45, 7) is 1.50. The molecule has 0 fully saturated rings. The van der Waals surface area contributed by atoms with Crippen LogP contribution in [0, 0.1) is 0 Å². The van der Waals surface area contributed by atoms with E-state index in [9.17, 15) is 19.2 Å². The lowest BCUT2D eigenvalue weighted by atomic mass is 10.1. The molecule has 7 heteroatoms. The first-order valence-electron chi connectivity index (χ1n) is 8.67. The third-order valence-corrected chi connectivity index (χ3v) is 3.88. The van der Waals surface area contributed by atoms with Crippen molar-refractivity contribution in [2.75, 3.05) is 12.4 Å². The van der Waals surface area contributed by atoms with E-state index in [1.54, 1.807) is 42.5 Å². The van der Waals surface area contributed by atoms with Gasteiger partial charge in [0.05, 0.1) is 19.1 Å². The van der Waals surface area contributed by atoms with Crippen molar-refractivity contribution >= 4 is 29.3 Å². The summed E-state index contributed by atoms with van der Waals surface area (Å²) in [6.07, 6.45) is -1.17.